The maximum Gasteiger partial charge on any atom is 0.270 e. The number of H-pyrrole nitrogens is 1. The number of aryl methyl sites for hydroxylation is 1. The topological polar surface area (TPSA) is 86.8 Å². The van der Waals surface area contributed by atoms with Crippen LogP contribution in [0.5, 0.6) is 0 Å². The van der Waals surface area contributed by atoms with Crippen LogP contribution < -0.4 is 5.32 Å². The van der Waals surface area contributed by atoms with Crippen LogP contribution in [-0.4, -0.2) is 30.7 Å². The van der Waals surface area contributed by atoms with Crippen LogP contribution in [0.25, 0.3) is 11.0 Å². The molecule has 3 aromatic heterocycles. The van der Waals surface area contributed by atoms with E-state index in [2.05, 4.69) is 50.5 Å². The fraction of sp³-hybridized carbons (Fsp3) is 0.226. The van der Waals surface area contributed by atoms with Gasteiger partial charge in [0.05, 0.1) is 29.3 Å². The number of nitrogens with one attached hydrogen (secondary N) is 2. The Kier molecular flexibility index (Phi) is 6.91. The van der Waals surface area contributed by atoms with Gasteiger partial charge >= 0.3 is 0 Å². The minimum atomic E-state index is -0.174. The number of rotatable bonds is 8. The first-order chi connectivity index (χ1) is 18.7. The zero-order chi connectivity index (χ0) is 25.7. The van der Waals surface area contributed by atoms with E-state index in [1.807, 2.05) is 42.6 Å². The molecule has 1 aliphatic carbocycles. The lowest BCUT2D eigenvalue weighted by atomic mass is 9.90. The van der Waals surface area contributed by atoms with Crippen molar-refractivity contribution in [1.29, 1.82) is 0 Å². The minimum Gasteiger partial charge on any atom is -0.347 e. The SMILES string of the molecule is O=C(NCc1cccc(CN(Cc2nc3ccccc3[nH]2)C2CCCc3cccnc32)c1)c1ccccn1. The highest BCUT2D eigenvalue weighted by atomic mass is 16.1. The van der Waals surface area contributed by atoms with Crippen LogP contribution in [0, 0.1) is 0 Å². The molecule has 1 unspecified atom stereocenters. The largest absolute Gasteiger partial charge is 0.347 e. The van der Waals surface area contributed by atoms with Crippen LogP contribution in [0.4, 0.5) is 0 Å². The first kappa shape index (κ1) is 24.0. The zero-order valence-corrected chi connectivity index (χ0v) is 21.2. The average molecular weight is 503 g/mol. The zero-order valence-electron chi connectivity index (χ0n) is 21.2. The molecule has 2 N–H and O–H groups in total. The number of aromatic nitrogens is 4. The highest BCUT2D eigenvalue weighted by molar-refractivity contribution is 5.92. The van der Waals surface area contributed by atoms with Crippen molar-refractivity contribution < 1.29 is 4.79 Å². The van der Waals surface area contributed by atoms with Gasteiger partial charge in [-0.2, -0.15) is 0 Å². The molecule has 5 aromatic rings. The lowest BCUT2D eigenvalue weighted by Gasteiger charge is -2.34. The van der Waals surface area contributed by atoms with Crippen LogP contribution in [0.3, 0.4) is 0 Å². The molecule has 0 aliphatic heterocycles. The Morgan fingerprint density at radius 2 is 1.79 bits per heavy atom. The number of nitrogens with zero attached hydrogens (tertiary/aromatic N) is 4. The van der Waals surface area contributed by atoms with E-state index in [0.29, 0.717) is 18.8 Å². The van der Waals surface area contributed by atoms with E-state index >= 15 is 0 Å². The van der Waals surface area contributed by atoms with Crippen molar-refractivity contribution in [2.24, 2.45) is 0 Å². The van der Waals surface area contributed by atoms with Crippen LogP contribution in [0.2, 0.25) is 0 Å². The second kappa shape index (κ2) is 10.9. The minimum absolute atomic E-state index is 0.174. The average Bonchev–Trinajstić information content (AvgIpc) is 3.38. The Morgan fingerprint density at radius 3 is 2.68 bits per heavy atom. The summed E-state index contributed by atoms with van der Waals surface area (Å²) in [6.45, 7) is 1.89. The van der Waals surface area contributed by atoms with E-state index in [-0.39, 0.29) is 11.9 Å². The lowest BCUT2D eigenvalue weighted by Crippen LogP contribution is -2.32. The Labute approximate surface area is 222 Å². The van der Waals surface area contributed by atoms with Crippen molar-refractivity contribution in [3.8, 4) is 0 Å². The smallest absolute Gasteiger partial charge is 0.270 e. The Bertz CT molecular complexity index is 1510. The van der Waals surface area contributed by atoms with E-state index in [1.165, 1.54) is 16.8 Å². The molecular weight excluding hydrogens is 472 g/mol. The standard InChI is InChI=1S/C31H30N6O/c38-31(27-14-3-4-16-32-27)34-19-22-8-5-9-23(18-22)20-37(21-29-35-25-12-1-2-13-26(25)36-29)28-15-6-10-24-11-7-17-33-30(24)28/h1-5,7-9,11-14,16-18,28H,6,10,15,19-21H2,(H,34,38)(H,35,36). The van der Waals surface area contributed by atoms with Gasteiger partial charge < -0.3 is 10.3 Å². The Morgan fingerprint density at radius 1 is 0.921 bits per heavy atom. The monoisotopic (exact) mass is 502 g/mol. The Hall–Kier alpha value is -4.36. The van der Waals surface area contributed by atoms with Gasteiger partial charge in [-0.3, -0.25) is 19.7 Å². The van der Waals surface area contributed by atoms with Crippen molar-refractivity contribution in [2.75, 3.05) is 0 Å². The molecule has 0 spiro atoms. The third-order valence-electron chi connectivity index (χ3n) is 7.13. The van der Waals surface area contributed by atoms with Gasteiger partial charge in [0.15, 0.2) is 0 Å². The molecule has 0 radical (unpaired) electrons. The summed E-state index contributed by atoms with van der Waals surface area (Å²) in [6, 6.07) is 26.4. The molecule has 0 fully saturated rings. The van der Waals surface area contributed by atoms with Crippen LogP contribution >= 0.6 is 0 Å². The summed E-state index contributed by atoms with van der Waals surface area (Å²) in [6.07, 6.45) is 6.80. The quantitative estimate of drug-likeness (QED) is 0.298. The van der Waals surface area contributed by atoms with E-state index < -0.39 is 0 Å². The number of imidazole rings is 1. The molecule has 7 heteroatoms. The Balaban J connectivity index is 1.24. The summed E-state index contributed by atoms with van der Waals surface area (Å²) in [7, 11) is 0. The third-order valence-corrected chi connectivity index (χ3v) is 7.13. The fourth-order valence-corrected chi connectivity index (χ4v) is 5.33. The summed E-state index contributed by atoms with van der Waals surface area (Å²) < 4.78 is 0. The highest BCUT2D eigenvalue weighted by Gasteiger charge is 2.28. The number of fused-ring (bicyclic) bond motifs is 2. The molecule has 0 saturated heterocycles. The van der Waals surface area contributed by atoms with Crippen molar-refractivity contribution in [3.05, 3.63) is 125 Å². The maximum absolute atomic E-state index is 12.5. The second-order valence-corrected chi connectivity index (χ2v) is 9.78. The summed E-state index contributed by atoms with van der Waals surface area (Å²) >= 11 is 0. The molecule has 190 valence electrons. The van der Waals surface area contributed by atoms with E-state index in [1.54, 1.807) is 18.3 Å². The number of benzene rings is 2. The predicted molar refractivity (Wildman–Crippen MR) is 147 cm³/mol. The first-order valence-corrected chi connectivity index (χ1v) is 13.1. The van der Waals surface area contributed by atoms with Crippen molar-refractivity contribution in [3.63, 3.8) is 0 Å². The molecule has 1 aliphatic rings. The number of para-hydroxylation sites is 2. The molecule has 0 bridgehead atoms. The summed E-state index contributed by atoms with van der Waals surface area (Å²) in [5.41, 5.74) is 7.21. The van der Waals surface area contributed by atoms with Crippen molar-refractivity contribution >= 4 is 16.9 Å². The summed E-state index contributed by atoms with van der Waals surface area (Å²) in [5.74, 6) is 0.778. The van der Waals surface area contributed by atoms with E-state index in [4.69, 9.17) is 9.97 Å². The summed E-state index contributed by atoms with van der Waals surface area (Å²) in [5, 5.41) is 2.99. The molecule has 38 heavy (non-hydrogen) atoms. The van der Waals surface area contributed by atoms with Gasteiger partial charge in [0.1, 0.15) is 11.5 Å². The predicted octanol–water partition coefficient (Wildman–Crippen LogP) is 5.36. The molecule has 3 heterocycles. The third kappa shape index (κ3) is 5.33. The van der Waals surface area contributed by atoms with Crippen LogP contribution in [0.1, 0.15) is 57.6 Å². The molecule has 6 rings (SSSR count). The fourth-order valence-electron chi connectivity index (χ4n) is 5.33. The van der Waals surface area contributed by atoms with Crippen LogP contribution in [0.15, 0.2) is 91.3 Å². The normalized spacial score (nSPS) is 14.9. The second-order valence-electron chi connectivity index (χ2n) is 9.78. The summed E-state index contributed by atoms with van der Waals surface area (Å²) in [4.78, 5) is 32.3. The molecule has 1 amide bonds. The van der Waals surface area contributed by atoms with Crippen LogP contribution in [-0.2, 0) is 26.1 Å². The molecule has 2 aromatic carbocycles. The molecule has 1 atom stereocenters. The molecular formula is C31H30N6O. The number of aromatic amines is 1. The highest BCUT2D eigenvalue weighted by Crippen LogP contribution is 2.34. The number of hydrogen-bond acceptors (Lipinski definition) is 5. The first-order valence-electron chi connectivity index (χ1n) is 13.1. The van der Waals surface area contributed by atoms with Crippen molar-refractivity contribution in [1.82, 2.24) is 30.2 Å². The van der Waals surface area contributed by atoms with Gasteiger partial charge in [0, 0.05) is 25.5 Å². The number of carbonyl (C=O) groups is 1. The number of pyridine rings is 2. The maximum atomic E-state index is 12.5. The van der Waals surface area contributed by atoms with E-state index in [0.717, 1.165) is 48.2 Å². The number of carbonyl (C=O) groups excluding carboxylic acids is 1. The molecule has 7 nitrogen and oxygen atoms in total. The number of hydrogen-bond donors (Lipinski definition) is 2. The number of amides is 1. The van der Waals surface area contributed by atoms with Gasteiger partial charge in [-0.05, 0) is 66.3 Å². The van der Waals surface area contributed by atoms with Gasteiger partial charge in [-0.1, -0.05) is 48.5 Å². The van der Waals surface area contributed by atoms with Gasteiger partial charge in [-0.25, -0.2) is 4.98 Å². The van der Waals surface area contributed by atoms with Crippen molar-refractivity contribution in [2.45, 2.75) is 44.9 Å². The van der Waals surface area contributed by atoms with Gasteiger partial charge in [0.2, 0.25) is 0 Å². The van der Waals surface area contributed by atoms with Gasteiger partial charge in [0.25, 0.3) is 5.91 Å². The van der Waals surface area contributed by atoms with E-state index in [9.17, 15) is 4.79 Å². The lowest BCUT2D eigenvalue weighted by molar-refractivity contribution is 0.0946. The molecule has 0 saturated carbocycles. The van der Waals surface area contributed by atoms with Gasteiger partial charge in [-0.15, -0.1) is 0 Å².